The summed E-state index contributed by atoms with van der Waals surface area (Å²) in [5, 5.41) is 9.73. The van der Waals surface area contributed by atoms with Crippen molar-refractivity contribution in [1.82, 2.24) is 9.80 Å². The lowest BCUT2D eigenvalue weighted by Crippen LogP contribution is -2.58. The highest BCUT2D eigenvalue weighted by Gasteiger charge is 2.44. The predicted molar refractivity (Wildman–Crippen MR) is 82.1 cm³/mol. The molecule has 0 radical (unpaired) electrons. The van der Waals surface area contributed by atoms with Crippen molar-refractivity contribution in [3.63, 3.8) is 0 Å². The van der Waals surface area contributed by atoms with Crippen LogP contribution in [0.1, 0.15) is 40.0 Å². The third-order valence-corrected chi connectivity index (χ3v) is 5.17. The Labute approximate surface area is 128 Å². The van der Waals surface area contributed by atoms with Crippen LogP contribution in [0.5, 0.6) is 0 Å². The van der Waals surface area contributed by atoms with E-state index < -0.39 is 5.54 Å². The first-order valence-electron chi connectivity index (χ1n) is 8.18. The van der Waals surface area contributed by atoms with Gasteiger partial charge in [0.1, 0.15) is 0 Å². The van der Waals surface area contributed by atoms with Crippen molar-refractivity contribution in [2.75, 3.05) is 46.0 Å². The van der Waals surface area contributed by atoms with Crippen LogP contribution in [0.15, 0.2) is 0 Å². The van der Waals surface area contributed by atoms with Crippen molar-refractivity contribution in [3.05, 3.63) is 0 Å². The number of aliphatic hydroxyl groups excluding tert-OH is 1. The first-order chi connectivity index (χ1) is 9.95. The summed E-state index contributed by atoms with van der Waals surface area (Å²) in [7, 11) is 0. The van der Waals surface area contributed by atoms with Crippen LogP contribution in [0.2, 0.25) is 0 Å². The lowest BCUT2D eigenvalue weighted by Gasteiger charge is -2.41. The van der Waals surface area contributed by atoms with E-state index in [0.29, 0.717) is 19.8 Å². The third kappa shape index (κ3) is 3.41. The van der Waals surface area contributed by atoms with E-state index in [1.165, 1.54) is 0 Å². The largest absolute Gasteiger partial charge is 0.396 e. The van der Waals surface area contributed by atoms with E-state index in [-0.39, 0.29) is 17.9 Å². The summed E-state index contributed by atoms with van der Waals surface area (Å²) in [5.41, 5.74) is -0.562. The van der Waals surface area contributed by atoms with Crippen LogP contribution in [0.3, 0.4) is 0 Å². The Hall–Kier alpha value is -0.650. The highest BCUT2D eigenvalue weighted by molar-refractivity contribution is 5.85. The Morgan fingerprint density at radius 2 is 1.95 bits per heavy atom. The van der Waals surface area contributed by atoms with Crippen LogP contribution in [0.25, 0.3) is 0 Å². The fourth-order valence-corrected chi connectivity index (χ4v) is 3.70. The zero-order valence-corrected chi connectivity index (χ0v) is 13.7. The summed E-state index contributed by atoms with van der Waals surface area (Å²) < 4.78 is 5.38. The van der Waals surface area contributed by atoms with E-state index in [9.17, 15) is 9.90 Å². The van der Waals surface area contributed by atoms with Gasteiger partial charge in [0.05, 0.1) is 25.4 Å². The Morgan fingerprint density at radius 3 is 2.52 bits per heavy atom. The molecule has 0 spiro atoms. The smallest absolute Gasteiger partial charge is 0.242 e. The molecule has 122 valence electrons. The predicted octanol–water partition coefficient (Wildman–Crippen LogP) is 1.11. The number of ether oxygens (including phenoxy) is 1. The van der Waals surface area contributed by atoms with Gasteiger partial charge >= 0.3 is 0 Å². The fraction of sp³-hybridized carbons (Fsp3) is 0.938. The molecule has 2 aliphatic heterocycles. The maximum atomic E-state index is 12.9. The van der Waals surface area contributed by atoms with Crippen LogP contribution in [0.4, 0.5) is 0 Å². The Morgan fingerprint density at radius 1 is 1.29 bits per heavy atom. The maximum Gasteiger partial charge on any atom is 0.242 e. The van der Waals surface area contributed by atoms with Gasteiger partial charge in [-0.1, -0.05) is 13.3 Å². The molecule has 1 unspecified atom stereocenters. The zero-order chi connectivity index (χ0) is 15.5. The molecule has 2 heterocycles. The summed E-state index contributed by atoms with van der Waals surface area (Å²) in [5.74, 6) is 0.191. The number of hydrogen-bond acceptors (Lipinski definition) is 4. The molecule has 2 fully saturated rings. The van der Waals surface area contributed by atoms with Gasteiger partial charge in [-0.05, 0) is 26.7 Å². The van der Waals surface area contributed by atoms with E-state index in [1.54, 1.807) is 0 Å². The van der Waals surface area contributed by atoms with Crippen molar-refractivity contribution in [2.45, 2.75) is 45.6 Å². The van der Waals surface area contributed by atoms with Gasteiger partial charge in [-0.3, -0.25) is 9.69 Å². The van der Waals surface area contributed by atoms with Gasteiger partial charge in [0.2, 0.25) is 5.91 Å². The number of carbonyl (C=O) groups excluding carboxylic acids is 1. The second-order valence-electron chi connectivity index (χ2n) is 7.04. The zero-order valence-electron chi connectivity index (χ0n) is 13.7. The third-order valence-electron chi connectivity index (χ3n) is 5.17. The lowest BCUT2D eigenvalue weighted by atomic mass is 9.83. The molecule has 0 aromatic rings. The van der Waals surface area contributed by atoms with E-state index >= 15 is 0 Å². The number of hydrogen-bond donors (Lipinski definition) is 1. The van der Waals surface area contributed by atoms with Crippen LogP contribution < -0.4 is 0 Å². The molecule has 0 saturated carbocycles. The highest BCUT2D eigenvalue weighted by atomic mass is 16.5. The van der Waals surface area contributed by atoms with Crippen LogP contribution in [0, 0.1) is 5.41 Å². The lowest BCUT2D eigenvalue weighted by molar-refractivity contribution is -0.145. The second kappa shape index (κ2) is 6.63. The van der Waals surface area contributed by atoms with Gasteiger partial charge in [-0.15, -0.1) is 0 Å². The average molecular weight is 298 g/mol. The molecule has 1 amide bonds. The molecule has 2 rings (SSSR count). The molecule has 2 saturated heterocycles. The number of amides is 1. The van der Waals surface area contributed by atoms with Gasteiger partial charge < -0.3 is 14.7 Å². The molecule has 21 heavy (non-hydrogen) atoms. The quantitative estimate of drug-likeness (QED) is 0.826. The first-order valence-corrected chi connectivity index (χ1v) is 8.18. The van der Waals surface area contributed by atoms with Crippen LogP contribution in [-0.4, -0.2) is 72.4 Å². The van der Waals surface area contributed by atoms with E-state index in [2.05, 4.69) is 11.8 Å². The van der Waals surface area contributed by atoms with E-state index in [4.69, 9.17) is 4.74 Å². The number of morpholine rings is 1. The summed E-state index contributed by atoms with van der Waals surface area (Å²) in [6.07, 6.45) is 2.96. The second-order valence-corrected chi connectivity index (χ2v) is 7.04. The van der Waals surface area contributed by atoms with Crippen molar-refractivity contribution in [3.8, 4) is 0 Å². The molecule has 1 atom stereocenters. The van der Waals surface area contributed by atoms with Crippen molar-refractivity contribution < 1.29 is 14.6 Å². The highest BCUT2D eigenvalue weighted by Crippen LogP contribution is 2.36. The standard InChI is InChI=1S/C16H30N2O3/c1-4-5-16(13-19)6-7-17(12-16)14(20)15(2,3)18-8-10-21-11-9-18/h19H,4-13H2,1-3H3. The molecular formula is C16H30N2O3. The number of likely N-dealkylation sites (tertiary alicyclic amines) is 1. The molecule has 0 aliphatic carbocycles. The fourth-order valence-electron chi connectivity index (χ4n) is 3.70. The molecule has 2 aliphatic rings. The monoisotopic (exact) mass is 298 g/mol. The van der Waals surface area contributed by atoms with Crippen molar-refractivity contribution in [1.29, 1.82) is 0 Å². The molecule has 5 heteroatoms. The normalized spacial score (nSPS) is 28.1. The van der Waals surface area contributed by atoms with Crippen LogP contribution >= 0.6 is 0 Å². The summed E-state index contributed by atoms with van der Waals surface area (Å²) in [4.78, 5) is 17.1. The minimum Gasteiger partial charge on any atom is -0.396 e. The first kappa shape index (κ1) is 16.7. The van der Waals surface area contributed by atoms with Crippen LogP contribution in [-0.2, 0) is 9.53 Å². The number of carbonyl (C=O) groups is 1. The molecule has 5 nitrogen and oxygen atoms in total. The van der Waals surface area contributed by atoms with E-state index in [1.807, 2.05) is 18.7 Å². The SMILES string of the molecule is CCCC1(CO)CCN(C(=O)C(C)(C)N2CCOCC2)C1. The number of nitrogens with zero attached hydrogens (tertiary/aromatic N) is 2. The van der Waals surface area contributed by atoms with Gasteiger partial charge in [0.15, 0.2) is 0 Å². The molecule has 0 aromatic carbocycles. The number of aliphatic hydroxyl groups is 1. The Kier molecular flexibility index (Phi) is 5.28. The number of rotatable bonds is 5. The van der Waals surface area contributed by atoms with Gasteiger partial charge in [0.25, 0.3) is 0 Å². The minimum absolute atomic E-state index is 0.0779. The van der Waals surface area contributed by atoms with Gasteiger partial charge in [-0.2, -0.15) is 0 Å². The van der Waals surface area contributed by atoms with Crippen molar-refractivity contribution in [2.24, 2.45) is 5.41 Å². The summed E-state index contributed by atoms with van der Waals surface area (Å²) in [6.45, 7) is 10.8. The topological polar surface area (TPSA) is 53.0 Å². The molecule has 0 bridgehead atoms. The van der Waals surface area contributed by atoms with Gasteiger partial charge in [-0.25, -0.2) is 0 Å². The van der Waals surface area contributed by atoms with Gasteiger partial charge in [0, 0.05) is 31.6 Å². The minimum atomic E-state index is -0.485. The maximum absolute atomic E-state index is 12.9. The molecule has 1 N–H and O–H groups in total. The summed E-state index contributed by atoms with van der Waals surface area (Å²) >= 11 is 0. The summed E-state index contributed by atoms with van der Waals surface area (Å²) in [6, 6.07) is 0. The molecular weight excluding hydrogens is 268 g/mol. The Balaban J connectivity index is 2.02. The van der Waals surface area contributed by atoms with Crippen molar-refractivity contribution >= 4 is 5.91 Å². The average Bonchev–Trinajstić information content (AvgIpc) is 2.92. The molecule has 0 aromatic heterocycles. The van der Waals surface area contributed by atoms with E-state index in [0.717, 1.165) is 38.9 Å². The Bertz CT molecular complexity index is 367.